The van der Waals surface area contributed by atoms with Crippen LogP contribution in [0, 0.1) is 0 Å². The number of para-hydroxylation sites is 1. The fourth-order valence-corrected chi connectivity index (χ4v) is 3.98. The quantitative estimate of drug-likeness (QED) is 0.436. The monoisotopic (exact) mass is 439 g/mol. The molecule has 3 aromatic carbocycles. The predicted octanol–water partition coefficient (Wildman–Crippen LogP) is 5.08. The van der Waals surface area contributed by atoms with E-state index in [2.05, 4.69) is 5.32 Å². The lowest BCUT2D eigenvalue weighted by Gasteiger charge is -2.14. The zero-order chi connectivity index (χ0) is 22.6. The second-order valence-corrected chi connectivity index (χ2v) is 8.05. The number of ether oxygens (including phenoxy) is 2. The van der Waals surface area contributed by atoms with Crippen molar-refractivity contribution in [1.82, 2.24) is 15.1 Å². The summed E-state index contributed by atoms with van der Waals surface area (Å²) in [6, 6.07) is 25.7. The van der Waals surface area contributed by atoms with Gasteiger partial charge in [-0.15, -0.1) is 0 Å². The third-order valence-corrected chi connectivity index (χ3v) is 5.76. The molecular formula is C27H25N3O3. The van der Waals surface area contributed by atoms with Gasteiger partial charge in [-0.3, -0.25) is 4.79 Å². The average molecular weight is 440 g/mol. The van der Waals surface area contributed by atoms with E-state index >= 15 is 0 Å². The van der Waals surface area contributed by atoms with E-state index in [1.165, 1.54) is 0 Å². The summed E-state index contributed by atoms with van der Waals surface area (Å²) in [5.74, 6) is 1.45. The molecule has 1 aromatic heterocycles. The van der Waals surface area contributed by atoms with Gasteiger partial charge in [-0.05, 0) is 54.8 Å². The molecule has 6 nitrogen and oxygen atoms in total. The van der Waals surface area contributed by atoms with Crippen LogP contribution in [0.2, 0.25) is 0 Å². The molecule has 1 atom stereocenters. The van der Waals surface area contributed by atoms with E-state index in [0.717, 1.165) is 33.8 Å². The molecule has 0 saturated heterocycles. The van der Waals surface area contributed by atoms with Crippen LogP contribution < -0.4 is 14.8 Å². The minimum absolute atomic E-state index is 0.00968. The van der Waals surface area contributed by atoms with Gasteiger partial charge >= 0.3 is 0 Å². The highest BCUT2D eigenvalue weighted by atomic mass is 16.7. The largest absolute Gasteiger partial charge is 0.454 e. The molecule has 0 spiro atoms. The molecule has 0 aliphatic carbocycles. The Bertz CT molecular complexity index is 1250. The highest BCUT2D eigenvalue weighted by Gasteiger charge is 2.19. The summed E-state index contributed by atoms with van der Waals surface area (Å²) in [5, 5.41) is 7.95. The Morgan fingerprint density at radius 3 is 2.52 bits per heavy atom. The first kappa shape index (κ1) is 20.8. The van der Waals surface area contributed by atoms with Crippen LogP contribution in [0.5, 0.6) is 11.5 Å². The van der Waals surface area contributed by atoms with Crippen molar-refractivity contribution in [1.29, 1.82) is 0 Å². The van der Waals surface area contributed by atoms with Gasteiger partial charge in [0.2, 0.25) is 12.7 Å². The Morgan fingerprint density at radius 2 is 1.73 bits per heavy atom. The van der Waals surface area contributed by atoms with Crippen molar-refractivity contribution < 1.29 is 14.3 Å². The highest BCUT2D eigenvalue weighted by Crippen LogP contribution is 2.36. The van der Waals surface area contributed by atoms with Gasteiger partial charge in [-0.25, -0.2) is 4.68 Å². The summed E-state index contributed by atoms with van der Waals surface area (Å²) in [4.78, 5) is 12.7. The smallest absolute Gasteiger partial charge is 0.231 e. The van der Waals surface area contributed by atoms with Crippen LogP contribution in [-0.4, -0.2) is 22.5 Å². The highest BCUT2D eigenvalue weighted by molar-refractivity contribution is 5.77. The molecule has 0 bridgehead atoms. The van der Waals surface area contributed by atoms with Crippen LogP contribution >= 0.6 is 0 Å². The number of rotatable bonds is 7. The number of benzene rings is 3. The molecule has 1 amide bonds. The van der Waals surface area contributed by atoms with Crippen LogP contribution in [0.15, 0.2) is 85.1 Å². The molecule has 0 saturated carbocycles. The Hall–Kier alpha value is -4.06. The third-order valence-electron chi connectivity index (χ3n) is 5.76. The normalized spacial score (nSPS) is 13.0. The third kappa shape index (κ3) is 4.60. The first-order valence-corrected chi connectivity index (χ1v) is 11.1. The number of carbonyl (C=O) groups is 1. The zero-order valence-electron chi connectivity index (χ0n) is 18.4. The Morgan fingerprint density at radius 1 is 1.00 bits per heavy atom. The van der Waals surface area contributed by atoms with Gasteiger partial charge in [0, 0.05) is 18.2 Å². The molecule has 0 radical (unpaired) electrons. The van der Waals surface area contributed by atoms with E-state index in [0.29, 0.717) is 18.6 Å². The Balaban J connectivity index is 1.37. The SMILES string of the molecule is CC(NC(=O)CCc1cn(-c2ccccc2)nc1-c1ccc2c(c1)OCO2)c1ccccc1. The van der Waals surface area contributed by atoms with Crippen molar-refractivity contribution in [3.05, 3.63) is 96.2 Å². The lowest BCUT2D eigenvalue weighted by Crippen LogP contribution is -2.26. The van der Waals surface area contributed by atoms with Crippen molar-refractivity contribution in [2.75, 3.05) is 6.79 Å². The van der Waals surface area contributed by atoms with E-state index in [9.17, 15) is 4.79 Å². The zero-order valence-corrected chi connectivity index (χ0v) is 18.4. The Labute approximate surface area is 192 Å². The van der Waals surface area contributed by atoms with Gasteiger partial charge in [0.15, 0.2) is 11.5 Å². The van der Waals surface area contributed by atoms with Gasteiger partial charge < -0.3 is 14.8 Å². The molecule has 6 heteroatoms. The number of hydrogen-bond donors (Lipinski definition) is 1. The summed E-state index contributed by atoms with van der Waals surface area (Å²) in [6.07, 6.45) is 2.95. The molecular weight excluding hydrogens is 414 g/mol. The first-order valence-electron chi connectivity index (χ1n) is 11.1. The van der Waals surface area contributed by atoms with Crippen LogP contribution in [0.4, 0.5) is 0 Å². The topological polar surface area (TPSA) is 65.4 Å². The average Bonchev–Trinajstić information content (AvgIpc) is 3.50. The molecule has 1 aliphatic heterocycles. The summed E-state index contributed by atoms with van der Waals surface area (Å²) < 4.78 is 12.9. The second-order valence-electron chi connectivity index (χ2n) is 8.05. The van der Waals surface area contributed by atoms with E-state index in [-0.39, 0.29) is 18.7 Å². The number of carbonyl (C=O) groups excluding carboxylic acids is 1. The molecule has 4 aromatic rings. The van der Waals surface area contributed by atoms with Gasteiger partial charge in [-0.2, -0.15) is 5.10 Å². The molecule has 166 valence electrons. The van der Waals surface area contributed by atoms with Gasteiger partial charge in [-0.1, -0.05) is 48.5 Å². The molecule has 1 unspecified atom stereocenters. The second kappa shape index (κ2) is 9.20. The van der Waals surface area contributed by atoms with E-state index < -0.39 is 0 Å². The van der Waals surface area contributed by atoms with Crippen LogP contribution in [0.1, 0.15) is 30.5 Å². The summed E-state index contributed by atoms with van der Waals surface area (Å²) in [6.45, 7) is 2.22. The van der Waals surface area contributed by atoms with Crippen LogP contribution in [-0.2, 0) is 11.2 Å². The number of hydrogen-bond acceptors (Lipinski definition) is 4. The number of nitrogens with one attached hydrogen (secondary N) is 1. The minimum atomic E-state index is -0.0425. The van der Waals surface area contributed by atoms with Gasteiger partial charge in [0.05, 0.1) is 17.4 Å². The number of nitrogens with zero attached hydrogens (tertiary/aromatic N) is 2. The maximum absolute atomic E-state index is 12.7. The van der Waals surface area contributed by atoms with Crippen molar-refractivity contribution in [2.24, 2.45) is 0 Å². The minimum Gasteiger partial charge on any atom is -0.454 e. The fraction of sp³-hybridized carbons (Fsp3) is 0.185. The molecule has 1 N–H and O–H groups in total. The standard InChI is InChI=1S/C27H25N3O3/c1-19(20-8-4-2-5-9-20)28-26(31)15-13-22-17-30(23-10-6-3-7-11-23)29-27(22)21-12-14-24-25(16-21)33-18-32-24/h2-12,14,16-17,19H,13,15,18H2,1H3,(H,28,31). The van der Waals surface area contributed by atoms with Gasteiger partial charge in [0.1, 0.15) is 0 Å². The lowest BCUT2D eigenvalue weighted by atomic mass is 10.0. The van der Waals surface area contributed by atoms with Crippen molar-refractivity contribution in [2.45, 2.75) is 25.8 Å². The molecule has 5 rings (SSSR count). The molecule has 2 heterocycles. The number of aryl methyl sites for hydroxylation is 1. The maximum Gasteiger partial charge on any atom is 0.231 e. The van der Waals surface area contributed by atoms with Gasteiger partial charge in [0.25, 0.3) is 0 Å². The van der Waals surface area contributed by atoms with Crippen molar-refractivity contribution in [3.8, 4) is 28.4 Å². The summed E-state index contributed by atoms with van der Waals surface area (Å²) in [5.41, 5.74) is 4.82. The lowest BCUT2D eigenvalue weighted by molar-refractivity contribution is -0.121. The van der Waals surface area contributed by atoms with Crippen LogP contribution in [0.25, 0.3) is 16.9 Å². The number of fused-ring (bicyclic) bond motifs is 1. The van der Waals surface area contributed by atoms with E-state index in [4.69, 9.17) is 14.6 Å². The maximum atomic E-state index is 12.7. The van der Waals surface area contributed by atoms with Crippen molar-refractivity contribution in [3.63, 3.8) is 0 Å². The summed E-state index contributed by atoms with van der Waals surface area (Å²) >= 11 is 0. The predicted molar refractivity (Wildman–Crippen MR) is 126 cm³/mol. The molecule has 33 heavy (non-hydrogen) atoms. The summed E-state index contributed by atoms with van der Waals surface area (Å²) in [7, 11) is 0. The first-order chi connectivity index (χ1) is 16.2. The molecule has 1 aliphatic rings. The fourth-order valence-electron chi connectivity index (χ4n) is 3.98. The van der Waals surface area contributed by atoms with E-state index in [1.807, 2.05) is 96.7 Å². The number of amides is 1. The van der Waals surface area contributed by atoms with E-state index in [1.54, 1.807) is 0 Å². The molecule has 0 fully saturated rings. The number of aromatic nitrogens is 2. The van der Waals surface area contributed by atoms with Crippen molar-refractivity contribution >= 4 is 5.91 Å². The van der Waals surface area contributed by atoms with Crippen LogP contribution in [0.3, 0.4) is 0 Å². The Kier molecular flexibility index (Phi) is 5.81.